The number of amides is 1. The predicted molar refractivity (Wildman–Crippen MR) is 99.6 cm³/mol. The zero-order chi connectivity index (χ0) is 17.8. The smallest absolute Gasteiger partial charge is 0.280 e. The molecule has 25 heavy (non-hydrogen) atoms. The van der Waals surface area contributed by atoms with Crippen LogP contribution in [-0.2, 0) is 0 Å². The molecule has 0 atom stereocenters. The molecule has 0 radical (unpaired) electrons. The molecule has 3 rings (SSSR count). The molecule has 0 aromatic heterocycles. The van der Waals surface area contributed by atoms with Crippen molar-refractivity contribution < 1.29 is 9.53 Å². The summed E-state index contributed by atoms with van der Waals surface area (Å²) in [4.78, 5) is 17.9. The quantitative estimate of drug-likeness (QED) is 0.646. The highest BCUT2D eigenvalue weighted by Gasteiger charge is 2.19. The number of rotatable bonds is 4. The van der Waals surface area contributed by atoms with Gasteiger partial charge in [0.15, 0.2) is 11.7 Å². The lowest BCUT2D eigenvalue weighted by molar-refractivity contribution is 0.100. The minimum Gasteiger partial charge on any atom is -0.455 e. The molecule has 1 aliphatic rings. The van der Waals surface area contributed by atoms with Crippen molar-refractivity contribution >= 4 is 29.2 Å². The van der Waals surface area contributed by atoms with E-state index < -0.39 is 5.91 Å². The van der Waals surface area contributed by atoms with Crippen molar-refractivity contribution in [3.63, 3.8) is 0 Å². The number of hydrogen-bond acceptors (Lipinski definition) is 3. The molecule has 4 N–H and O–H groups in total. The summed E-state index contributed by atoms with van der Waals surface area (Å²) in [6, 6.07) is 12.3. The molecule has 7 heteroatoms. The lowest BCUT2D eigenvalue weighted by Crippen LogP contribution is -2.24. The highest BCUT2D eigenvalue weighted by atomic mass is 35.5. The molecule has 0 unspecified atom stereocenters. The highest BCUT2D eigenvalue weighted by Crippen LogP contribution is 2.35. The minimum atomic E-state index is -0.474. The van der Waals surface area contributed by atoms with Crippen LogP contribution < -0.4 is 21.1 Å². The Labute approximate surface area is 151 Å². The van der Waals surface area contributed by atoms with Crippen molar-refractivity contribution in [1.82, 2.24) is 0 Å². The zero-order valence-corrected chi connectivity index (χ0v) is 14.4. The fourth-order valence-electron chi connectivity index (χ4n) is 2.75. The monoisotopic (exact) mass is 358 g/mol. The summed E-state index contributed by atoms with van der Waals surface area (Å²) in [6.07, 6.45) is 2.21. The third kappa shape index (κ3) is 4.22. The van der Waals surface area contributed by atoms with E-state index >= 15 is 0 Å². The third-order valence-corrected chi connectivity index (χ3v) is 4.18. The maximum absolute atomic E-state index is 12.1. The van der Waals surface area contributed by atoms with Crippen LogP contribution in [0.15, 0.2) is 47.5 Å². The van der Waals surface area contributed by atoms with Crippen molar-refractivity contribution in [2.24, 2.45) is 16.5 Å². The van der Waals surface area contributed by atoms with Gasteiger partial charge in [-0.05, 0) is 55.3 Å². The van der Waals surface area contributed by atoms with Gasteiger partial charge in [0.2, 0.25) is 0 Å². The first-order valence-corrected chi connectivity index (χ1v) is 8.37. The van der Waals surface area contributed by atoms with E-state index in [-0.39, 0.29) is 5.96 Å². The molecular weight excluding hydrogens is 340 g/mol. The number of hydrogen-bond donors (Lipinski definition) is 2. The molecule has 2 aromatic carbocycles. The number of carbonyl (C=O) groups excluding carboxylic acids is 1. The molecule has 0 aliphatic carbocycles. The number of nitrogens with zero attached hydrogens (tertiary/aromatic N) is 2. The number of anilines is 1. The molecular formula is C18H19ClN4O2. The Kier molecular flexibility index (Phi) is 5.09. The van der Waals surface area contributed by atoms with E-state index in [1.165, 1.54) is 0 Å². The first-order chi connectivity index (χ1) is 12.0. The van der Waals surface area contributed by atoms with Crippen LogP contribution >= 0.6 is 11.6 Å². The Bertz CT molecular complexity index is 795. The molecule has 1 saturated heterocycles. The van der Waals surface area contributed by atoms with Crippen LogP contribution in [0.1, 0.15) is 23.2 Å². The molecule has 1 aliphatic heterocycles. The molecule has 1 amide bonds. The molecule has 130 valence electrons. The van der Waals surface area contributed by atoms with E-state index in [9.17, 15) is 4.79 Å². The number of aliphatic imine (C=N–C) groups is 1. The van der Waals surface area contributed by atoms with Crippen molar-refractivity contribution in [3.05, 3.63) is 53.1 Å². The van der Waals surface area contributed by atoms with Gasteiger partial charge in [0, 0.05) is 23.7 Å². The second-order valence-electron chi connectivity index (χ2n) is 5.77. The van der Waals surface area contributed by atoms with Gasteiger partial charge in [-0.2, -0.15) is 4.99 Å². The fraction of sp³-hybridized carbons (Fsp3) is 0.222. The molecule has 2 aromatic rings. The van der Waals surface area contributed by atoms with Crippen LogP contribution in [0.25, 0.3) is 0 Å². The summed E-state index contributed by atoms with van der Waals surface area (Å²) in [5.41, 5.74) is 11.9. The number of benzene rings is 2. The summed E-state index contributed by atoms with van der Waals surface area (Å²) < 4.78 is 6.00. The summed E-state index contributed by atoms with van der Waals surface area (Å²) in [6.45, 7) is 1.83. The highest BCUT2D eigenvalue weighted by molar-refractivity contribution is 6.30. The predicted octanol–water partition coefficient (Wildman–Crippen LogP) is 3.15. The normalized spacial score (nSPS) is 13.6. The van der Waals surface area contributed by atoms with Gasteiger partial charge < -0.3 is 21.1 Å². The number of nitrogens with two attached hydrogens (primary N) is 2. The van der Waals surface area contributed by atoms with Gasteiger partial charge in [-0.15, -0.1) is 0 Å². The van der Waals surface area contributed by atoms with Crippen LogP contribution in [0, 0.1) is 0 Å². The molecule has 1 fully saturated rings. The SMILES string of the molecule is NC(N)=NC(=O)c1ccc(Oc2ccc(Cl)cc2)c(N2CCCC2)c1. The van der Waals surface area contributed by atoms with Crippen molar-refractivity contribution in [1.29, 1.82) is 0 Å². The van der Waals surface area contributed by atoms with E-state index in [1.807, 2.05) is 0 Å². The molecule has 0 saturated carbocycles. The van der Waals surface area contributed by atoms with E-state index in [1.54, 1.807) is 42.5 Å². The molecule has 1 heterocycles. The Balaban J connectivity index is 1.94. The maximum atomic E-state index is 12.1. The van der Waals surface area contributed by atoms with Gasteiger partial charge in [0.25, 0.3) is 5.91 Å². The lowest BCUT2D eigenvalue weighted by Gasteiger charge is -2.22. The second-order valence-corrected chi connectivity index (χ2v) is 6.21. The molecule has 0 bridgehead atoms. The number of ether oxygens (including phenoxy) is 1. The zero-order valence-electron chi connectivity index (χ0n) is 13.6. The summed E-state index contributed by atoms with van der Waals surface area (Å²) in [5.74, 6) is 0.617. The van der Waals surface area contributed by atoms with Gasteiger partial charge in [-0.3, -0.25) is 4.79 Å². The van der Waals surface area contributed by atoms with E-state index in [4.69, 9.17) is 27.8 Å². The van der Waals surface area contributed by atoms with Gasteiger partial charge in [-0.25, -0.2) is 0 Å². The fourth-order valence-corrected chi connectivity index (χ4v) is 2.88. The van der Waals surface area contributed by atoms with Crippen LogP contribution in [-0.4, -0.2) is 25.0 Å². The summed E-state index contributed by atoms with van der Waals surface area (Å²) in [7, 11) is 0. The molecule has 0 spiro atoms. The number of carbonyl (C=O) groups is 1. The average molecular weight is 359 g/mol. The summed E-state index contributed by atoms with van der Waals surface area (Å²) in [5, 5.41) is 0.644. The van der Waals surface area contributed by atoms with E-state index in [2.05, 4.69) is 9.89 Å². The number of halogens is 1. The Hall–Kier alpha value is -2.73. The van der Waals surface area contributed by atoms with Crippen LogP contribution in [0.4, 0.5) is 5.69 Å². The average Bonchev–Trinajstić information content (AvgIpc) is 3.11. The minimum absolute atomic E-state index is 0.255. The van der Waals surface area contributed by atoms with Gasteiger partial charge >= 0.3 is 0 Å². The Morgan fingerprint density at radius 1 is 1.08 bits per heavy atom. The van der Waals surface area contributed by atoms with E-state index in [0.29, 0.717) is 22.1 Å². The largest absolute Gasteiger partial charge is 0.455 e. The topological polar surface area (TPSA) is 93.9 Å². The Morgan fingerprint density at radius 2 is 1.76 bits per heavy atom. The molecule has 6 nitrogen and oxygen atoms in total. The van der Waals surface area contributed by atoms with Crippen molar-refractivity contribution in [2.75, 3.05) is 18.0 Å². The summed E-state index contributed by atoms with van der Waals surface area (Å²) >= 11 is 5.91. The standard InChI is InChI=1S/C18H19ClN4O2/c19-13-4-6-14(7-5-13)25-16-8-3-12(17(24)22-18(20)21)11-15(16)23-9-1-2-10-23/h3-8,11H,1-2,9-10H2,(H4,20,21,22,24). The van der Waals surface area contributed by atoms with Crippen molar-refractivity contribution in [3.8, 4) is 11.5 Å². The van der Waals surface area contributed by atoms with Gasteiger partial charge in [0.05, 0.1) is 5.69 Å². The maximum Gasteiger partial charge on any atom is 0.280 e. The Morgan fingerprint density at radius 3 is 2.40 bits per heavy atom. The van der Waals surface area contributed by atoms with Crippen LogP contribution in [0.5, 0.6) is 11.5 Å². The van der Waals surface area contributed by atoms with Gasteiger partial charge in [-0.1, -0.05) is 11.6 Å². The van der Waals surface area contributed by atoms with E-state index in [0.717, 1.165) is 31.6 Å². The third-order valence-electron chi connectivity index (χ3n) is 3.92. The second kappa shape index (κ2) is 7.44. The number of guanidine groups is 1. The van der Waals surface area contributed by atoms with Crippen LogP contribution in [0.3, 0.4) is 0 Å². The van der Waals surface area contributed by atoms with Crippen molar-refractivity contribution in [2.45, 2.75) is 12.8 Å². The van der Waals surface area contributed by atoms with Gasteiger partial charge in [0.1, 0.15) is 5.75 Å². The first kappa shape index (κ1) is 17.1. The lowest BCUT2D eigenvalue weighted by atomic mass is 10.1. The van der Waals surface area contributed by atoms with Crippen LogP contribution in [0.2, 0.25) is 5.02 Å². The first-order valence-electron chi connectivity index (χ1n) is 7.99.